The number of esters is 1. The highest BCUT2D eigenvalue weighted by Gasteiger charge is 2.26. The number of ether oxygens (including phenoxy) is 1. The molecule has 15 heavy (non-hydrogen) atoms. The minimum atomic E-state index is -0.810. The largest absolute Gasteiger partial charge is 0.465 e. The fourth-order valence-electron chi connectivity index (χ4n) is 1.20. The fourth-order valence-corrected chi connectivity index (χ4v) is 1.43. The van der Waals surface area contributed by atoms with Crippen LogP contribution in [0, 0.1) is 17.0 Å². The molecule has 0 atom stereocenters. The van der Waals surface area contributed by atoms with Crippen molar-refractivity contribution in [3.63, 3.8) is 0 Å². The van der Waals surface area contributed by atoms with Gasteiger partial charge in [0.2, 0.25) is 0 Å². The van der Waals surface area contributed by atoms with Crippen molar-refractivity contribution < 1.29 is 14.5 Å². The molecular formula is C9H8ClNO4. The van der Waals surface area contributed by atoms with Crippen LogP contribution >= 0.6 is 11.6 Å². The molecule has 5 nitrogen and oxygen atoms in total. The third kappa shape index (κ3) is 2.07. The fraction of sp³-hybridized carbons (Fsp3) is 0.222. The van der Waals surface area contributed by atoms with E-state index in [9.17, 15) is 14.9 Å². The minimum absolute atomic E-state index is 0.0131. The highest BCUT2D eigenvalue weighted by Crippen LogP contribution is 2.30. The van der Waals surface area contributed by atoms with Crippen molar-refractivity contribution >= 4 is 23.3 Å². The first kappa shape index (κ1) is 11.5. The van der Waals surface area contributed by atoms with Crippen LogP contribution in [0.3, 0.4) is 0 Å². The molecule has 0 saturated carbocycles. The van der Waals surface area contributed by atoms with Gasteiger partial charge in [-0.1, -0.05) is 17.7 Å². The van der Waals surface area contributed by atoms with E-state index in [1.54, 1.807) is 0 Å². The van der Waals surface area contributed by atoms with Gasteiger partial charge in [0.1, 0.15) is 0 Å². The van der Waals surface area contributed by atoms with Gasteiger partial charge in [0, 0.05) is 5.56 Å². The van der Waals surface area contributed by atoms with E-state index in [-0.39, 0.29) is 16.3 Å². The lowest BCUT2D eigenvalue weighted by Gasteiger charge is -2.05. The summed E-state index contributed by atoms with van der Waals surface area (Å²) in [6, 6.07) is 2.91. The molecule has 0 unspecified atom stereocenters. The maximum Gasteiger partial charge on any atom is 0.346 e. The van der Waals surface area contributed by atoms with Crippen molar-refractivity contribution in [2.24, 2.45) is 0 Å². The monoisotopic (exact) mass is 229 g/mol. The van der Waals surface area contributed by atoms with E-state index in [0.29, 0.717) is 5.56 Å². The molecule has 0 amide bonds. The number of hydrogen-bond acceptors (Lipinski definition) is 4. The molecule has 0 radical (unpaired) electrons. The Labute approximate surface area is 90.8 Å². The Morgan fingerprint density at radius 3 is 2.60 bits per heavy atom. The van der Waals surface area contributed by atoms with Crippen molar-refractivity contribution in [3.05, 3.63) is 38.4 Å². The Kier molecular flexibility index (Phi) is 3.26. The molecule has 0 aromatic heterocycles. The van der Waals surface area contributed by atoms with Crippen LogP contribution in [-0.2, 0) is 4.74 Å². The molecule has 0 aliphatic carbocycles. The Morgan fingerprint density at radius 2 is 2.13 bits per heavy atom. The molecule has 1 aromatic carbocycles. The van der Waals surface area contributed by atoms with E-state index in [2.05, 4.69) is 4.74 Å². The quantitative estimate of drug-likeness (QED) is 0.443. The highest BCUT2D eigenvalue weighted by molar-refractivity contribution is 6.34. The first-order valence-corrected chi connectivity index (χ1v) is 4.38. The number of hydrogen-bond donors (Lipinski definition) is 0. The zero-order valence-electron chi connectivity index (χ0n) is 8.11. The lowest BCUT2D eigenvalue weighted by atomic mass is 10.1. The Morgan fingerprint density at radius 1 is 1.53 bits per heavy atom. The van der Waals surface area contributed by atoms with Gasteiger partial charge in [-0.05, 0) is 13.0 Å². The van der Waals surface area contributed by atoms with Crippen molar-refractivity contribution in [2.45, 2.75) is 6.92 Å². The second kappa shape index (κ2) is 4.27. The average Bonchev–Trinajstić information content (AvgIpc) is 2.19. The summed E-state index contributed by atoms with van der Waals surface area (Å²) in [4.78, 5) is 21.4. The number of halogens is 1. The van der Waals surface area contributed by atoms with Gasteiger partial charge in [-0.3, -0.25) is 10.1 Å². The third-order valence-corrected chi connectivity index (χ3v) is 2.22. The maximum absolute atomic E-state index is 11.3. The van der Waals surface area contributed by atoms with Crippen LogP contribution in [0.5, 0.6) is 0 Å². The van der Waals surface area contributed by atoms with Crippen molar-refractivity contribution in [2.75, 3.05) is 7.11 Å². The van der Waals surface area contributed by atoms with Gasteiger partial charge in [0.05, 0.1) is 17.1 Å². The number of nitrogens with zero attached hydrogens (tertiary/aromatic N) is 1. The smallest absolute Gasteiger partial charge is 0.346 e. The predicted octanol–water partition coefficient (Wildman–Crippen LogP) is 2.34. The second-order valence-corrected chi connectivity index (χ2v) is 3.24. The van der Waals surface area contributed by atoms with Crippen LogP contribution in [0.25, 0.3) is 0 Å². The van der Waals surface area contributed by atoms with Gasteiger partial charge < -0.3 is 4.74 Å². The van der Waals surface area contributed by atoms with E-state index in [1.165, 1.54) is 19.1 Å². The number of methoxy groups -OCH3 is 1. The topological polar surface area (TPSA) is 69.4 Å². The van der Waals surface area contributed by atoms with E-state index in [4.69, 9.17) is 11.6 Å². The molecule has 0 bridgehead atoms. The number of carbonyl (C=O) groups is 1. The van der Waals surface area contributed by atoms with Crippen molar-refractivity contribution in [3.8, 4) is 0 Å². The molecule has 1 rings (SSSR count). The first-order chi connectivity index (χ1) is 6.99. The SMILES string of the molecule is COC(=O)c1c(Cl)ccc(C)c1[N+](=O)[O-]. The number of nitro groups is 1. The Bertz CT molecular complexity index is 430. The number of rotatable bonds is 2. The molecule has 0 spiro atoms. The van der Waals surface area contributed by atoms with Crippen molar-refractivity contribution in [1.82, 2.24) is 0 Å². The van der Waals surface area contributed by atoms with Crippen LogP contribution in [0.15, 0.2) is 12.1 Å². The van der Waals surface area contributed by atoms with Crippen LogP contribution in [0.1, 0.15) is 15.9 Å². The second-order valence-electron chi connectivity index (χ2n) is 2.84. The molecule has 0 aliphatic heterocycles. The normalized spacial score (nSPS) is 9.80. The van der Waals surface area contributed by atoms with E-state index in [1.807, 2.05) is 0 Å². The number of benzene rings is 1. The molecule has 0 heterocycles. The summed E-state index contributed by atoms with van der Waals surface area (Å²) in [6.45, 7) is 1.53. The van der Waals surface area contributed by atoms with Gasteiger partial charge in [0.25, 0.3) is 5.69 Å². The van der Waals surface area contributed by atoms with Crippen LogP contribution in [-0.4, -0.2) is 18.0 Å². The van der Waals surface area contributed by atoms with Gasteiger partial charge in [-0.15, -0.1) is 0 Å². The third-order valence-electron chi connectivity index (χ3n) is 1.90. The lowest BCUT2D eigenvalue weighted by Crippen LogP contribution is -2.07. The molecule has 0 saturated heterocycles. The molecular weight excluding hydrogens is 222 g/mol. The Balaban J connectivity index is 3.52. The zero-order chi connectivity index (χ0) is 11.6. The van der Waals surface area contributed by atoms with Crippen LogP contribution < -0.4 is 0 Å². The lowest BCUT2D eigenvalue weighted by molar-refractivity contribution is -0.385. The Hall–Kier alpha value is -1.62. The highest BCUT2D eigenvalue weighted by atomic mass is 35.5. The van der Waals surface area contributed by atoms with Gasteiger partial charge >= 0.3 is 5.97 Å². The molecule has 0 fully saturated rings. The summed E-state index contributed by atoms with van der Waals surface area (Å²) < 4.78 is 4.44. The van der Waals surface area contributed by atoms with Crippen LogP contribution in [0.2, 0.25) is 5.02 Å². The standard InChI is InChI=1S/C9H8ClNO4/c1-5-3-4-6(10)7(9(12)15-2)8(5)11(13)14/h3-4H,1-2H3. The van der Waals surface area contributed by atoms with Gasteiger partial charge in [-0.2, -0.15) is 0 Å². The minimum Gasteiger partial charge on any atom is -0.465 e. The molecule has 6 heteroatoms. The zero-order valence-corrected chi connectivity index (χ0v) is 8.87. The summed E-state index contributed by atoms with van der Waals surface area (Å²) >= 11 is 5.71. The summed E-state index contributed by atoms with van der Waals surface area (Å²) in [5, 5.41) is 10.8. The molecule has 0 N–H and O–H groups in total. The van der Waals surface area contributed by atoms with E-state index >= 15 is 0 Å². The molecule has 1 aromatic rings. The van der Waals surface area contributed by atoms with E-state index in [0.717, 1.165) is 7.11 Å². The number of nitro benzene ring substituents is 1. The predicted molar refractivity (Wildman–Crippen MR) is 54.2 cm³/mol. The first-order valence-electron chi connectivity index (χ1n) is 4.00. The number of aryl methyl sites for hydroxylation is 1. The maximum atomic E-state index is 11.3. The summed E-state index contributed by atoms with van der Waals surface area (Å²) in [7, 11) is 1.14. The van der Waals surface area contributed by atoms with Gasteiger partial charge in [-0.25, -0.2) is 4.79 Å². The molecule has 80 valence electrons. The number of carbonyl (C=O) groups excluding carboxylic acids is 1. The van der Waals surface area contributed by atoms with Crippen LogP contribution in [0.4, 0.5) is 5.69 Å². The average molecular weight is 230 g/mol. The van der Waals surface area contributed by atoms with Crippen molar-refractivity contribution in [1.29, 1.82) is 0 Å². The van der Waals surface area contributed by atoms with Gasteiger partial charge in [0.15, 0.2) is 5.56 Å². The summed E-state index contributed by atoms with van der Waals surface area (Å²) in [6.07, 6.45) is 0. The summed E-state index contributed by atoms with van der Waals surface area (Å²) in [5.74, 6) is -0.810. The molecule has 0 aliphatic rings. The van der Waals surface area contributed by atoms with E-state index < -0.39 is 10.9 Å². The summed E-state index contributed by atoms with van der Waals surface area (Å²) in [5.41, 5.74) is -0.150.